The van der Waals surface area contributed by atoms with E-state index in [1.807, 2.05) is 51.9 Å². The first-order valence-electron chi connectivity index (χ1n) is 19.6. The summed E-state index contributed by atoms with van der Waals surface area (Å²) < 4.78 is 14.1. The fourth-order valence-corrected chi connectivity index (χ4v) is 8.44. The normalized spacial score (nSPS) is 21.9. The lowest BCUT2D eigenvalue weighted by atomic mass is 9.84. The van der Waals surface area contributed by atoms with Crippen molar-refractivity contribution < 1.29 is 28.7 Å². The van der Waals surface area contributed by atoms with Gasteiger partial charge >= 0.3 is 12.0 Å². The molecule has 3 aliphatic rings. The van der Waals surface area contributed by atoms with Crippen LogP contribution in [-0.2, 0) is 36.8 Å². The molecule has 3 aromatic rings. The summed E-state index contributed by atoms with van der Waals surface area (Å²) in [6, 6.07) is 7.62. The second-order valence-corrected chi connectivity index (χ2v) is 16.4. The van der Waals surface area contributed by atoms with E-state index in [4.69, 9.17) is 14.5 Å². The molecular formula is C41H58N8O6. The van der Waals surface area contributed by atoms with Crippen LogP contribution in [0.15, 0.2) is 36.5 Å². The summed E-state index contributed by atoms with van der Waals surface area (Å²) in [7, 11) is 5.34. The molecule has 6 bridgehead atoms. The van der Waals surface area contributed by atoms with E-state index < -0.39 is 35.4 Å². The molecule has 2 saturated heterocycles. The number of hydrogen-bond acceptors (Lipinski definition) is 9. The van der Waals surface area contributed by atoms with Gasteiger partial charge in [-0.05, 0) is 89.0 Å². The van der Waals surface area contributed by atoms with Crippen molar-refractivity contribution in [1.82, 2.24) is 35.1 Å². The van der Waals surface area contributed by atoms with Gasteiger partial charge in [-0.2, -0.15) is 0 Å². The Hall–Kier alpha value is -4.53. The molecule has 298 valence electrons. The standard InChI is InChI=1S/C41H58N8O6/c1-10-47-33-16-15-27-21-29(33)30(36(47)28-13-11-17-42-34(28)26(4)54-9)22-41(5,6)24-55-39(52)31-14-12-18-49(44-31)38(51)32(23-46-19-20-48(27)40(46)53)43-37(50)35(25(2)3)45(7)8/h11,13,15-17,21,25-26,31-32,35,44H,10,12,14,18-20,22-24H2,1-9H3,(H,43,50)/t26?,31-,32?,35?/m0/s1. The zero-order valence-electron chi connectivity index (χ0n) is 33.8. The number of likely N-dealkylation sites (N-methyl/N-ethyl adjacent to an activating group) is 1. The number of esters is 1. The van der Waals surface area contributed by atoms with Crippen molar-refractivity contribution in [2.45, 2.75) is 91.6 Å². The highest BCUT2D eigenvalue weighted by molar-refractivity contribution is 6.00. The molecule has 0 radical (unpaired) electrons. The van der Waals surface area contributed by atoms with Crippen LogP contribution in [0, 0.1) is 11.3 Å². The molecule has 2 aromatic heterocycles. The Labute approximate surface area is 324 Å². The maximum Gasteiger partial charge on any atom is 0.324 e. The van der Waals surface area contributed by atoms with E-state index in [-0.39, 0.29) is 37.1 Å². The molecule has 14 nitrogen and oxygen atoms in total. The minimum Gasteiger partial charge on any atom is -0.464 e. The topological polar surface area (TPSA) is 142 Å². The number of aryl methyl sites for hydroxylation is 1. The Morgan fingerprint density at radius 2 is 1.89 bits per heavy atom. The largest absolute Gasteiger partial charge is 0.464 e. The number of nitrogens with zero attached hydrogens (tertiary/aromatic N) is 6. The van der Waals surface area contributed by atoms with Crippen LogP contribution in [0.4, 0.5) is 10.5 Å². The molecule has 14 heteroatoms. The summed E-state index contributed by atoms with van der Waals surface area (Å²) in [5.74, 6) is -1.17. The zero-order valence-corrected chi connectivity index (χ0v) is 33.8. The molecule has 0 saturated carbocycles. The lowest BCUT2D eigenvalue weighted by Crippen LogP contribution is -2.63. The number of nitrogens with one attached hydrogen (secondary N) is 2. The number of anilines is 1. The zero-order chi connectivity index (χ0) is 39.8. The van der Waals surface area contributed by atoms with Gasteiger partial charge in [0.2, 0.25) is 5.91 Å². The van der Waals surface area contributed by atoms with Gasteiger partial charge in [-0.1, -0.05) is 27.7 Å². The third-order valence-corrected chi connectivity index (χ3v) is 11.2. The van der Waals surface area contributed by atoms with E-state index in [0.29, 0.717) is 45.4 Å². The molecule has 5 heterocycles. The number of carbonyl (C=O) groups is 4. The Kier molecular flexibility index (Phi) is 11.9. The average molecular weight is 759 g/mol. The van der Waals surface area contributed by atoms with Gasteiger partial charge < -0.3 is 24.3 Å². The number of hydrazine groups is 1. The van der Waals surface area contributed by atoms with Crippen LogP contribution in [-0.4, -0.2) is 120 Å². The van der Waals surface area contributed by atoms with Crippen molar-refractivity contribution in [3.8, 4) is 11.3 Å². The molecule has 3 aliphatic heterocycles. The van der Waals surface area contributed by atoms with Crippen molar-refractivity contribution in [3.05, 3.63) is 47.8 Å². The molecule has 0 aliphatic carbocycles. The Morgan fingerprint density at radius 1 is 1.13 bits per heavy atom. The minimum atomic E-state index is -1.05. The van der Waals surface area contributed by atoms with Crippen LogP contribution in [0.2, 0.25) is 0 Å². The third kappa shape index (κ3) is 8.08. The summed E-state index contributed by atoms with van der Waals surface area (Å²) in [4.78, 5) is 66.0. The average Bonchev–Trinajstić information content (AvgIpc) is 3.67. The highest BCUT2D eigenvalue weighted by Gasteiger charge is 2.40. The number of ether oxygens (including phenoxy) is 2. The highest BCUT2D eigenvalue weighted by atomic mass is 16.5. The van der Waals surface area contributed by atoms with Gasteiger partial charge in [0.05, 0.1) is 36.7 Å². The fraction of sp³-hybridized carbons (Fsp3) is 0.585. The number of methoxy groups -OCH3 is 1. The number of hydrogen-bond donors (Lipinski definition) is 2. The molecule has 2 fully saturated rings. The number of fused-ring (bicyclic) bond motifs is 6. The second-order valence-electron chi connectivity index (χ2n) is 16.4. The number of pyridine rings is 1. The molecule has 6 rings (SSSR count). The molecule has 0 spiro atoms. The summed E-state index contributed by atoms with van der Waals surface area (Å²) >= 11 is 0. The van der Waals surface area contributed by atoms with Crippen LogP contribution in [0.3, 0.4) is 0 Å². The molecule has 4 atom stereocenters. The van der Waals surface area contributed by atoms with Crippen LogP contribution < -0.4 is 15.6 Å². The molecular weight excluding hydrogens is 701 g/mol. The summed E-state index contributed by atoms with van der Waals surface area (Å²) in [5, 5.41) is 5.40. The third-order valence-electron chi connectivity index (χ3n) is 11.2. The molecule has 4 amide bonds. The van der Waals surface area contributed by atoms with Gasteiger partial charge in [-0.15, -0.1) is 0 Å². The number of rotatable bonds is 8. The quantitative estimate of drug-likeness (QED) is 0.321. The van der Waals surface area contributed by atoms with E-state index in [2.05, 4.69) is 54.3 Å². The van der Waals surface area contributed by atoms with E-state index >= 15 is 0 Å². The molecule has 55 heavy (non-hydrogen) atoms. The second kappa shape index (κ2) is 16.3. The van der Waals surface area contributed by atoms with Crippen molar-refractivity contribution >= 4 is 40.4 Å². The van der Waals surface area contributed by atoms with E-state index in [0.717, 1.165) is 39.1 Å². The smallest absolute Gasteiger partial charge is 0.324 e. The Bertz CT molecular complexity index is 1920. The number of benzene rings is 1. The van der Waals surface area contributed by atoms with Crippen LogP contribution in [0.25, 0.3) is 22.2 Å². The molecule has 3 unspecified atom stereocenters. The van der Waals surface area contributed by atoms with E-state index in [1.54, 1.807) is 23.1 Å². The van der Waals surface area contributed by atoms with Crippen molar-refractivity contribution in [2.75, 3.05) is 58.9 Å². The van der Waals surface area contributed by atoms with Gasteiger partial charge in [0.15, 0.2) is 0 Å². The predicted molar refractivity (Wildman–Crippen MR) is 211 cm³/mol. The van der Waals surface area contributed by atoms with Gasteiger partial charge in [0.25, 0.3) is 5.91 Å². The van der Waals surface area contributed by atoms with Crippen molar-refractivity contribution in [2.24, 2.45) is 11.3 Å². The minimum absolute atomic E-state index is 0.0229. The highest BCUT2D eigenvalue weighted by Crippen LogP contribution is 2.42. The maximum atomic E-state index is 14.3. The van der Waals surface area contributed by atoms with Crippen LogP contribution in [0.5, 0.6) is 0 Å². The Morgan fingerprint density at radius 3 is 2.58 bits per heavy atom. The first-order valence-corrected chi connectivity index (χ1v) is 19.6. The van der Waals surface area contributed by atoms with Crippen molar-refractivity contribution in [3.63, 3.8) is 0 Å². The number of amides is 4. The maximum absolute atomic E-state index is 14.3. The Balaban J connectivity index is 1.47. The van der Waals surface area contributed by atoms with E-state index in [9.17, 15) is 19.2 Å². The SMILES string of the molecule is CCn1c(-c2cccnc2C(C)OC)c2c3cc(ccc31)N1CCN(CC(NC(=O)C(C(C)C)N(C)C)C(=O)N3CCC[C@H](N3)C(=O)OCC(C)(C)C2)C1=O. The summed E-state index contributed by atoms with van der Waals surface area (Å²) in [6.07, 6.45) is 3.15. The fourth-order valence-electron chi connectivity index (χ4n) is 8.44. The number of urea groups is 1. The molecule has 2 N–H and O–H groups in total. The van der Waals surface area contributed by atoms with Gasteiger partial charge in [0, 0.05) is 67.1 Å². The number of carbonyl (C=O) groups excluding carboxylic acids is 4. The van der Waals surface area contributed by atoms with Gasteiger partial charge in [-0.3, -0.25) is 34.2 Å². The predicted octanol–water partition coefficient (Wildman–Crippen LogP) is 4.36. The number of cyclic esters (lactones) is 1. The van der Waals surface area contributed by atoms with Crippen LogP contribution >= 0.6 is 0 Å². The first-order chi connectivity index (χ1) is 26.1. The van der Waals surface area contributed by atoms with Crippen molar-refractivity contribution in [1.29, 1.82) is 0 Å². The van der Waals surface area contributed by atoms with Gasteiger partial charge in [-0.25, -0.2) is 10.2 Å². The molecule has 1 aromatic carbocycles. The summed E-state index contributed by atoms with van der Waals surface area (Å²) in [5.41, 5.74) is 8.23. The van der Waals surface area contributed by atoms with Crippen LogP contribution in [0.1, 0.15) is 71.7 Å². The first kappa shape index (κ1) is 40.1. The monoisotopic (exact) mass is 758 g/mol. The summed E-state index contributed by atoms with van der Waals surface area (Å²) in [6.45, 7) is 14.1. The number of aromatic nitrogens is 2. The van der Waals surface area contributed by atoms with Gasteiger partial charge in [0.1, 0.15) is 12.1 Å². The van der Waals surface area contributed by atoms with E-state index in [1.165, 1.54) is 5.01 Å². The lowest BCUT2D eigenvalue weighted by Gasteiger charge is -2.37. The lowest BCUT2D eigenvalue weighted by molar-refractivity contribution is -0.155.